The van der Waals surface area contributed by atoms with Gasteiger partial charge in [0.05, 0.1) is 0 Å². The maximum absolute atomic E-state index is 12.7. The Hall–Kier alpha value is -1.91. The number of nitrogens with one attached hydrogen (secondary N) is 2. The van der Waals surface area contributed by atoms with Crippen LogP contribution in [-0.4, -0.2) is 11.8 Å². The normalized spacial score (nSPS) is 10.0. The first-order valence-electron chi connectivity index (χ1n) is 6.48. The largest absolute Gasteiger partial charge is 0.273 e. The molecule has 19 heavy (non-hydrogen) atoms. The highest BCUT2D eigenvalue weighted by molar-refractivity contribution is 5.95. The van der Waals surface area contributed by atoms with Crippen LogP contribution in [0.2, 0.25) is 0 Å². The van der Waals surface area contributed by atoms with Crippen molar-refractivity contribution < 1.29 is 14.0 Å². The molecule has 2 N–H and O–H groups in total. The summed E-state index contributed by atoms with van der Waals surface area (Å²) >= 11 is 0. The van der Waals surface area contributed by atoms with Crippen molar-refractivity contribution in [2.75, 3.05) is 0 Å². The van der Waals surface area contributed by atoms with E-state index in [-0.39, 0.29) is 5.91 Å². The number of hydrogen-bond donors (Lipinski definition) is 2. The van der Waals surface area contributed by atoms with E-state index in [1.165, 1.54) is 24.3 Å². The lowest BCUT2D eigenvalue weighted by Crippen LogP contribution is -2.41. The number of carbonyl (C=O) groups is 2. The van der Waals surface area contributed by atoms with E-state index < -0.39 is 11.7 Å². The molecule has 0 saturated heterocycles. The van der Waals surface area contributed by atoms with Crippen LogP contribution < -0.4 is 10.9 Å². The zero-order chi connectivity index (χ0) is 14.1. The quantitative estimate of drug-likeness (QED) is 0.614. The van der Waals surface area contributed by atoms with Gasteiger partial charge in [0.15, 0.2) is 0 Å². The number of carbonyl (C=O) groups excluding carboxylic acids is 2. The minimum atomic E-state index is -0.457. The molecule has 2 amide bonds. The molecule has 1 aromatic rings. The summed E-state index contributed by atoms with van der Waals surface area (Å²) in [5.74, 6) is -1.08. The summed E-state index contributed by atoms with van der Waals surface area (Å²) in [6.45, 7) is 2.10. The maximum atomic E-state index is 12.7. The number of rotatable bonds is 6. The average Bonchev–Trinajstić information content (AvgIpc) is 2.42. The number of benzene rings is 1. The topological polar surface area (TPSA) is 58.2 Å². The lowest BCUT2D eigenvalue weighted by molar-refractivity contribution is -0.122. The van der Waals surface area contributed by atoms with E-state index >= 15 is 0 Å². The molecule has 0 fully saturated rings. The maximum Gasteiger partial charge on any atom is 0.269 e. The number of halogens is 1. The Bertz CT molecular complexity index is 418. The summed E-state index contributed by atoms with van der Waals surface area (Å²) in [5.41, 5.74) is 4.94. The fourth-order valence-corrected chi connectivity index (χ4v) is 1.57. The lowest BCUT2D eigenvalue weighted by Gasteiger charge is -2.07. The molecule has 0 atom stereocenters. The van der Waals surface area contributed by atoms with Crippen LogP contribution in [-0.2, 0) is 4.79 Å². The molecular weight excluding hydrogens is 247 g/mol. The second kappa shape index (κ2) is 8.24. The minimum absolute atomic E-state index is 0.216. The first-order chi connectivity index (χ1) is 9.13. The van der Waals surface area contributed by atoms with Crippen molar-refractivity contribution in [3.05, 3.63) is 35.6 Å². The highest BCUT2D eigenvalue weighted by atomic mass is 19.1. The molecule has 1 aromatic carbocycles. The summed E-state index contributed by atoms with van der Waals surface area (Å²) in [6, 6.07) is 5.11. The Morgan fingerprint density at radius 2 is 1.74 bits per heavy atom. The van der Waals surface area contributed by atoms with Gasteiger partial charge >= 0.3 is 0 Å². The molecule has 1 rings (SSSR count). The zero-order valence-electron chi connectivity index (χ0n) is 11.0. The van der Waals surface area contributed by atoms with Crippen molar-refractivity contribution in [1.82, 2.24) is 10.9 Å². The third-order valence-corrected chi connectivity index (χ3v) is 2.68. The molecule has 0 spiro atoms. The summed E-state index contributed by atoms with van der Waals surface area (Å²) < 4.78 is 12.7. The molecule has 0 aliphatic heterocycles. The monoisotopic (exact) mass is 266 g/mol. The van der Waals surface area contributed by atoms with Gasteiger partial charge in [0.2, 0.25) is 5.91 Å². The van der Waals surface area contributed by atoms with Gasteiger partial charge in [0.25, 0.3) is 5.91 Å². The van der Waals surface area contributed by atoms with Crippen LogP contribution in [0.5, 0.6) is 0 Å². The number of hydrazine groups is 1. The zero-order valence-corrected chi connectivity index (χ0v) is 11.0. The standard InChI is InChI=1S/C14H19FN2O2/c1-2-3-4-5-6-13(18)16-17-14(19)11-7-9-12(15)10-8-11/h7-10H,2-6H2,1H3,(H,16,18)(H,17,19). The predicted octanol–water partition coefficient (Wildman–Crippen LogP) is 2.56. The van der Waals surface area contributed by atoms with Crippen LogP contribution >= 0.6 is 0 Å². The molecule has 0 heterocycles. The van der Waals surface area contributed by atoms with Crippen molar-refractivity contribution >= 4 is 11.8 Å². The summed E-state index contributed by atoms with van der Waals surface area (Å²) in [6.07, 6.45) is 4.43. The number of hydrogen-bond acceptors (Lipinski definition) is 2. The van der Waals surface area contributed by atoms with Crippen LogP contribution in [0.3, 0.4) is 0 Å². The molecule has 0 unspecified atom stereocenters. The third-order valence-electron chi connectivity index (χ3n) is 2.68. The minimum Gasteiger partial charge on any atom is -0.273 e. The van der Waals surface area contributed by atoms with E-state index in [1.807, 2.05) is 0 Å². The van der Waals surface area contributed by atoms with Gasteiger partial charge in [0.1, 0.15) is 5.82 Å². The van der Waals surface area contributed by atoms with Crippen molar-refractivity contribution in [3.8, 4) is 0 Å². The van der Waals surface area contributed by atoms with Crippen molar-refractivity contribution in [1.29, 1.82) is 0 Å². The fraction of sp³-hybridized carbons (Fsp3) is 0.429. The summed E-state index contributed by atoms with van der Waals surface area (Å²) in [5, 5.41) is 0. The molecule has 104 valence electrons. The van der Waals surface area contributed by atoms with Gasteiger partial charge in [0, 0.05) is 12.0 Å². The first-order valence-corrected chi connectivity index (χ1v) is 6.48. The first kappa shape index (κ1) is 15.1. The Morgan fingerprint density at radius 1 is 1.05 bits per heavy atom. The molecule has 0 bridgehead atoms. The number of amides is 2. The number of unbranched alkanes of at least 4 members (excludes halogenated alkanes) is 3. The summed E-state index contributed by atoms with van der Waals surface area (Å²) in [4.78, 5) is 23.0. The second-order valence-electron chi connectivity index (χ2n) is 4.32. The smallest absolute Gasteiger partial charge is 0.269 e. The van der Waals surface area contributed by atoms with E-state index in [9.17, 15) is 14.0 Å². The van der Waals surface area contributed by atoms with Gasteiger partial charge in [-0.15, -0.1) is 0 Å². The van der Waals surface area contributed by atoms with Gasteiger partial charge in [-0.05, 0) is 30.7 Å². The molecule has 0 saturated carbocycles. The molecule has 5 heteroatoms. The molecule has 0 aliphatic rings. The predicted molar refractivity (Wildman–Crippen MR) is 70.8 cm³/mol. The average molecular weight is 266 g/mol. The third kappa shape index (κ3) is 5.99. The van der Waals surface area contributed by atoms with Crippen molar-refractivity contribution in [2.45, 2.75) is 39.0 Å². The van der Waals surface area contributed by atoms with Gasteiger partial charge in [-0.3, -0.25) is 20.4 Å². The molecule has 0 aromatic heterocycles. The molecule has 4 nitrogen and oxygen atoms in total. The molecule has 0 aliphatic carbocycles. The SMILES string of the molecule is CCCCCCC(=O)NNC(=O)c1ccc(F)cc1. The van der Waals surface area contributed by atoms with Crippen LogP contribution in [0.4, 0.5) is 4.39 Å². The highest BCUT2D eigenvalue weighted by Gasteiger charge is 2.07. The fourth-order valence-electron chi connectivity index (χ4n) is 1.57. The van der Waals surface area contributed by atoms with Gasteiger partial charge in [-0.25, -0.2) is 4.39 Å². The van der Waals surface area contributed by atoms with E-state index in [1.54, 1.807) is 0 Å². The second-order valence-corrected chi connectivity index (χ2v) is 4.32. The van der Waals surface area contributed by atoms with Crippen molar-refractivity contribution in [2.24, 2.45) is 0 Å². The Morgan fingerprint density at radius 3 is 2.37 bits per heavy atom. The molecular formula is C14H19FN2O2. The van der Waals surface area contributed by atoms with Gasteiger partial charge in [-0.1, -0.05) is 26.2 Å². The van der Waals surface area contributed by atoms with Gasteiger partial charge in [-0.2, -0.15) is 0 Å². The van der Waals surface area contributed by atoms with E-state index in [4.69, 9.17) is 0 Å². The van der Waals surface area contributed by atoms with Crippen LogP contribution in [0, 0.1) is 5.82 Å². The Labute approximate surface area is 112 Å². The lowest BCUT2D eigenvalue weighted by atomic mass is 10.1. The van der Waals surface area contributed by atoms with E-state index in [2.05, 4.69) is 17.8 Å². The van der Waals surface area contributed by atoms with Gasteiger partial charge < -0.3 is 0 Å². The van der Waals surface area contributed by atoms with E-state index in [0.29, 0.717) is 12.0 Å². The van der Waals surface area contributed by atoms with Crippen LogP contribution in [0.25, 0.3) is 0 Å². The van der Waals surface area contributed by atoms with Crippen LogP contribution in [0.1, 0.15) is 49.4 Å². The van der Waals surface area contributed by atoms with E-state index in [0.717, 1.165) is 25.7 Å². The highest BCUT2D eigenvalue weighted by Crippen LogP contribution is 2.03. The van der Waals surface area contributed by atoms with Crippen molar-refractivity contribution in [3.63, 3.8) is 0 Å². The van der Waals surface area contributed by atoms with Crippen LogP contribution in [0.15, 0.2) is 24.3 Å². The Balaban J connectivity index is 2.26. The molecule has 0 radical (unpaired) electrons. The summed E-state index contributed by atoms with van der Waals surface area (Å²) in [7, 11) is 0. The Kier molecular flexibility index (Phi) is 6.57.